The Balaban J connectivity index is 1.54. The lowest BCUT2D eigenvalue weighted by Crippen LogP contribution is -2.37. The molecule has 4 rings (SSSR count). The third kappa shape index (κ3) is 5.57. The Bertz CT molecular complexity index is 1330. The molecule has 0 spiro atoms. The molecule has 0 aliphatic rings. The number of anilines is 1. The van der Waals surface area contributed by atoms with Crippen molar-refractivity contribution in [2.24, 2.45) is 0 Å². The standard InChI is InChI=1S/C24H22FN5O4S/c1-3-34-22(32)13-29(17-6-4-16(25)5-7-17)21(31)14-35-24-20-12-28-30(23(20)26-15-27-24)18-8-10-19(33-2)11-9-18/h4-12,15H,3,13-14H2,1-2H3. The number of carbonyl (C=O) groups excluding carboxylic acids is 2. The van der Waals surface area contributed by atoms with Crippen LogP contribution >= 0.6 is 11.8 Å². The zero-order chi connectivity index (χ0) is 24.8. The van der Waals surface area contributed by atoms with Crippen LogP contribution in [0.25, 0.3) is 16.7 Å². The van der Waals surface area contributed by atoms with E-state index in [-0.39, 0.29) is 24.8 Å². The number of carbonyl (C=O) groups is 2. The molecule has 4 aromatic rings. The SMILES string of the molecule is CCOC(=O)CN(C(=O)CSc1ncnc2c1cnn2-c1ccc(OC)cc1)c1ccc(F)cc1. The van der Waals surface area contributed by atoms with Crippen molar-refractivity contribution in [1.82, 2.24) is 19.7 Å². The summed E-state index contributed by atoms with van der Waals surface area (Å²) in [5.41, 5.74) is 1.77. The zero-order valence-electron chi connectivity index (χ0n) is 19.1. The van der Waals surface area contributed by atoms with E-state index in [0.29, 0.717) is 21.7 Å². The van der Waals surface area contributed by atoms with Crippen LogP contribution in [0.4, 0.5) is 10.1 Å². The first kappa shape index (κ1) is 24.1. The van der Waals surface area contributed by atoms with E-state index in [1.165, 1.54) is 47.3 Å². The van der Waals surface area contributed by atoms with Crippen molar-refractivity contribution < 1.29 is 23.5 Å². The number of nitrogens with zero attached hydrogens (tertiary/aromatic N) is 5. The number of ether oxygens (including phenoxy) is 2. The van der Waals surface area contributed by atoms with Gasteiger partial charge in [0.2, 0.25) is 5.91 Å². The third-order valence-corrected chi connectivity index (χ3v) is 6.00. The summed E-state index contributed by atoms with van der Waals surface area (Å²) >= 11 is 1.20. The number of thioether (sulfide) groups is 1. The van der Waals surface area contributed by atoms with E-state index in [0.717, 1.165) is 11.4 Å². The topological polar surface area (TPSA) is 99.4 Å². The number of esters is 1. The number of methoxy groups -OCH3 is 1. The summed E-state index contributed by atoms with van der Waals surface area (Å²) in [6.07, 6.45) is 3.05. The number of amides is 1. The molecule has 180 valence electrons. The van der Waals surface area contributed by atoms with Gasteiger partial charge in [0.1, 0.15) is 29.5 Å². The zero-order valence-corrected chi connectivity index (χ0v) is 19.9. The van der Waals surface area contributed by atoms with E-state index in [2.05, 4.69) is 15.1 Å². The van der Waals surface area contributed by atoms with E-state index in [1.807, 2.05) is 24.3 Å². The Morgan fingerprint density at radius 2 is 1.83 bits per heavy atom. The van der Waals surface area contributed by atoms with Gasteiger partial charge in [-0.2, -0.15) is 5.10 Å². The van der Waals surface area contributed by atoms with Crippen molar-refractivity contribution in [3.63, 3.8) is 0 Å². The summed E-state index contributed by atoms with van der Waals surface area (Å²) in [7, 11) is 1.60. The van der Waals surface area contributed by atoms with Crippen molar-refractivity contribution in [3.8, 4) is 11.4 Å². The van der Waals surface area contributed by atoms with E-state index in [4.69, 9.17) is 9.47 Å². The van der Waals surface area contributed by atoms with Crippen molar-refractivity contribution in [3.05, 3.63) is 66.9 Å². The fourth-order valence-corrected chi connectivity index (χ4v) is 4.18. The quantitative estimate of drug-likeness (QED) is 0.197. The molecule has 2 aromatic carbocycles. The summed E-state index contributed by atoms with van der Waals surface area (Å²) in [5, 5.41) is 5.68. The van der Waals surface area contributed by atoms with Crippen LogP contribution in [0, 0.1) is 5.82 Å². The number of rotatable bonds is 9. The Morgan fingerprint density at radius 3 is 2.51 bits per heavy atom. The van der Waals surface area contributed by atoms with Gasteiger partial charge in [0.25, 0.3) is 0 Å². The van der Waals surface area contributed by atoms with Gasteiger partial charge < -0.3 is 14.4 Å². The molecule has 0 N–H and O–H groups in total. The van der Waals surface area contributed by atoms with Crippen LogP contribution in [0.1, 0.15) is 6.92 Å². The molecule has 1 amide bonds. The van der Waals surface area contributed by atoms with E-state index in [1.54, 1.807) is 24.9 Å². The molecule has 0 radical (unpaired) electrons. The van der Waals surface area contributed by atoms with Crippen LogP contribution < -0.4 is 9.64 Å². The Labute approximate surface area is 204 Å². The lowest BCUT2D eigenvalue weighted by Gasteiger charge is -2.21. The van der Waals surface area contributed by atoms with Crippen LogP contribution in [0.2, 0.25) is 0 Å². The first-order valence-corrected chi connectivity index (χ1v) is 11.7. The normalized spacial score (nSPS) is 10.8. The predicted molar refractivity (Wildman–Crippen MR) is 129 cm³/mol. The fourth-order valence-electron chi connectivity index (χ4n) is 3.34. The summed E-state index contributed by atoms with van der Waals surface area (Å²) < 4.78 is 25.3. The van der Waals surface area contributed by atoms with E-state index in [9.17, 15) is 14.0 Å². The molecule has 0 aliphatic carbocycles. The molecule has 35 heavy (non-hydrogen) atoms. The Morgan fingerprint density at radius 1 is 1.09 bits per heavy atom. The minimum atomic E-state index is -0.555. The van der Waals surface area contributed by atoms with Crippen LogP contribution in [-0.2, 0) is 14.3 Å². The van der Waals surface area contributed by atoms with Crippen LogP contribution in [0.5, 0.6) is 5.75 Å². The Kier molecular flexibility index (Phi) is 7.56. The highest BCUT2D eigenvalue weighted by atomic mass is 32.2. The van der Waals surface area contributed by atoms with Gasteiger partial charge in [0, 0.05) is 5.69 Å². The van der Waals surface area contributed by atoms with Crippen molar-refractivity contribution in [1.29, 1.82) is 0 Å². The third-order valence-electron chi connectivity index (χ3n) is 5.01. The molecule has 0 aliphatic heterocycles. The van der Waals surface area contributed by atoms with Gasteiger partial charge in [-0.25, -0.2) is 19.0 Å². The molecule has 2 heterocycles. The average molecular weight is 496 g/mol. The largest absolute Gasteiger partial charge is 0.497 e. The average Bonchev–Trinajstić information content (AvgIpc) is 3.31. The highest BCUT2D eigenvalue weighted by Crippen LogP contribution is 2.27. The maximum Gasteiger partial charge on any atom is 0.326 e. The van der Waals surface area contributed by atoms with Gasteiger partial charge in [-0.15, -0.1) is 0 Å². The number of fused-ring (bicyclic) bond motifs is 1. The molecule has 0 bridgehead atoms. The van der Waals surface area contributed by atoms with Crippen LogP contribution in [-0.4, -0.2) is 57.6 Å². The van der Waals surface area contributed by atoms with Gasteiger partial charge in [-0.05, 0) is 55.5 Å². The van der Waals surface area contributed by atoms with Crippen molar-refractivity contribution in [2.45, 2.75) is 11.9 Å². The first-order chi connectivity index (χ1) is 17.0. The lowest BCUT2D eigenvalue weighted by molar-refractivity contribution is -0.142. The molecule has 9 nitrogen and oxygen atoms in total. The monoisotopic (exact) mass is 495 g/mol. The number of hydrogen-bond acceptors (Lipinski definition) is 8. The van der Waals surface area contributed by atoms with Gasteiger partial charge in [0.05, 0.1) is 36.7 Å². The van der Waals surface area contributed by atoms with Gasteiger partial charge in [-0.1, -0.05) is 11.8 Å². The molecule has 0 fully saturated rings. The molecule has 2 aromatic heterocycles. The predicted octanol–water partition coefficient (Wildman–Crippen LogP) is 3.65. The van der Waals surface area contributed by atoms with E-state index >= 15 is 0 Å². The number of hydrogen-bond donors (Lipinski definition) is 0. The molecular formula is C24H22FN5O4S. The molecular weight excluding hydrogens is 473 g/mol. The highest BCUT2D eigenvalue weighted by Gasteiger charge is 2.21. The molecule has 0 saturated carbocycles. The van der Waals surface area contributed by atoms with Crippen molar-refractivity contribution in [2.75, 3.05) is 30.9 Å². The lowest BCUT2D eigenvalue weighted by atomic mass is 10.2. The van der Waals surface area contributed by atoms with E-state index < -0.39 is 11.8 Å². The minimum Gasteiger partial charge on any atom is -0.497 e. The van der Waals surface area contributed by atoms with Crippen LogP contribution in [0.3, 0.4) is 0 Å². The second-order valence-electron chi connectivity index (χ2n) is 7.22. The molecule has 0 atom stereocenters. The molecule has 11 heteroatoms. The minimum absolute atomic E-state index is 0.0173. The maximum atomic E-state index is 13.4. The smallest absolute Gasteiger partial charge is 0.326 e. The summed E-state index contributed by atoms with van der Waals surface area (Å²) in [5.74, 6) is -0.646. The summed E-state index contributed by atoms with van der Waals surface area (Å²) in [4.78, 5) is 35.1. The highest BCUT2D eigenvalue weighted by molar-refractivity contribution is 8.00. The van der Waals surface area contributed by atoms with Gasteiger partial charge in [-0.3, -0.25) is 9.59 Å². The number of aromatic nitrogens is 4. The van der Waals surface area contributed by atoms with Crippen molar-refractivity contribution >= 4 is 40.4 Å². The fraction of sp³-hybridized carbons (Fsp3) is 0.208. The second-order valence-corrected chi connectivity index (χ2v) is 8.18. The molecule has 0 unspecified atom stereocenters. The number of halogens is 1. The van der Waals surface area contributed by atoms with Gasteiger partial charge in [0.15, 0.2) is 5.65 Å². The Hall–Kier alpha value is -3.99. The first-order valence-electron chi connectivity index (χ1n) is 10.7. The summed E-state index contributed by atoms with van der Waals surface area (Å²) in [6, 6.07) is 12.7. The second kappa shape index (κ2) is 11.0. The van der Waals surface area contributed by atoms with Crippen LogP contribution in [0.15, 0.2) is 66.1 Å². The number of benzene rings is 2. The molecule has 0 saturated heterocycles. The maximum absolute atomic E-state index is 13.4. The van der Waals surface area contributed by atoms with Gasteiger partial charge >= 0.3 is 5.97 Å². The summed E-state index contributed by atoms with van der Waals surface area (Å²) in [6.45, 7) is 1.59.